The van der Waals surface area contributed by atoms with E-state index in [2.05, 4.69) is 15.6 Å². The van der Waals surface area contributed by atoms with E-state index in [4.69, 9.17) is 16.0 Å². The lowest BCUT2D eigenvalue weighted by molar-refractivity contribution is -0.359. The Labute approximate surface area is 193 Å². The van der Waals surface area contributed by atoms with Crippen molar-refractivity contribution in [1.29, 1.82) is 0 Å². The van der Waals surface area contributed by atoms with Crippen LogP contribution >= 0.6 is 11.3 Å². The van der Waals surface area contributed by atoms with Gasteiger partial charge in [0.25, 0.3) is 6.54 Å². The quantitative estimate of drug-likeness (QED) is 0.425. The second-order valence-corrected chi connectivity index (χ2v) is 8.11. The summed E-state index contributed by atoms with van der Waals surface area (Å²) < 4.78 is 25.1. The Morgan fingerprint density at radius 3 is 2.76 bits per heavy atom. The summed E-state index contributed by atoms with van der Waals surface area (Å²) in [6, 6.07) is 11.9. The molecule has 0 bridgehead atoms. The molecule has 10 heteroatoms. The first-order chi connectivity index (χ1) is 16.0. The van der Waals surface area contributed by atoms with Crippen molar-refractivity contribution in [1.82, 2.24) is 4.98 Å². The third-order valence-corrected chi connectivity index (χ3v) is 5.95. The molecule has 168 valence electrons. The van der Waals surface area contributed by atoms with E-state index in [-0.39, 0.29) is 26.2 Å². The summed E-state index contributed by atoms with van der Waals surface area (Å²) in [5, 5.41) is 2.66. The third-order valence-electron chi connectivity index (χ3n) is 5.01. The normalized spacial score (nSPS) is 15.2. The van der Waals surface area contributed by atoms with E-state index in [9.17, 15) is 14.0 Å². The van der Waals surface area contributed by atoms with E-state index in [0.29, 0.717) is 16.8 Å². The number of aromatic nitrogens is 1. The number of hydrogen-bond donors (Lipinski definition) is 1. The topological polar surface area (TPSA) is 101 Å². The van der Waals surface area contributed by atoms with E-state index in [1.165, 1.54) is 22.3 Å². The Hall–Kier alpha value is -3.81. The van der Waals surface area contributed by atoms with Gasteiger partial charge in [-0.2, -0.15) is 0 Å². The Morgan fingerprint density at radius 1 is 1.30 bits per heavy atom. The minimum Gasteiger partial charge on any atom is -0.458 e. The zero-order valence-corrected chi connectivity index (χ0v) is 18.3. The van der Waals surface area contributed by atoms with Gasteiger partial charge in [-0.3, -0.25) is 4.90 Å². The number of quaternary nitrogens is 1. The average molecular weight is 468 g/mol. The summed E-state index contributed by atoms with van der Waals surface area (Å²) in [7, 11) is 0. The summed E-state index contributed by atoms with van der Waals surface area (Å²) in [5.74, 6) is -0.960. The summed E-state index contributed by atoms with van der Waals surface area (Å²) in [6.45, 7) is 7.26. The van der Waals surface area contributed by atoms with Crippen LogP contribution < -0.4 is 10.6 Å². The fraction of sp³-hybridized carbons (Fsp3) is 0.217. The van der Waals surface area contributed by atoms with Crippen molar-refractivity contribution in [2.75, 3.05) is 24.6 Å². The molecule has 0 saturated carbocycles. The van der Waals surface area contributed by atoms with Gasteiger partial charge in [-0.15, -0.1) is 11.3 Å². The number of carbonyl (C=O) groups excluding carboxylic acids is 2. The molecule has 1 aliphatic heterocycles. The Balaban J connectivity index is 1.47. The number of halogens is 1. The van der Waals surface area contributed by atoms with Gasteiger partial charge in [-0.25, -0.2) is 25.5 Å². The van der Waals surface area contributed by atoms with Gasteiger partial charge < -0.3 is 20.1 Å². The molecule has 2 heterocycles. The number of rotatable bonds is 7. The minimum absolute atomic E-state index is 0.00880. The van der Waals surface area contributed by atoms with Gasteiger partial charge in [0.1, 0.15) is 23.1 Å². The summed E-state index contributed by atoms with van der Waals surface area (Å²) in [6.07, 6.45) is -1.24. The van der Waals surface area contributed by atoms with Crippen molar-refractivity contribution >= 4 is 29.1 Å². The van der Waals surface area contributed by atoms with E-state index in [1.807, 2.05) is 17.5 Å². The van der Waals surface area contributed by atoms with Crippen molar-refractivity contribution in [2.24, 2.45) is 0 Å². The maximum atomic E-state index is 14.9. The molecule has 2 aromatic carbocycles. The maximum Gasteiger partial charge on any atom is 0.414 e. The number of nitrogens with zero attached hydrogens (tertiary/aromatic N) is 3. The van der Waals surface area contributed by atoms with Crippen LogP contribution in [0.15, 0.2) is 47.8 Å². The molecule has 1 aromatic heterocycles. The van der Waals surface area contributed by atoms with Crippen LogP contribution in [0.3, 0.4) is 0 Å². The van der Waals surface area contributed by atoms with Gasteiger partial charge in [0.2, 0.25) is 0 Å². The van der Waals surface area contributed by atoms with Crippen molar-refractivity contribution in [3.8, 4) is 21.7 Å². The fourth-order valence-electron chi connectivity index (χ4n) is 3.37. The number of ether oxygens (including phenoxy) is 2. The molecule has 0 unspecified atom stereocenters. The molecule has 3 aromatic rings. The summed E-state index contributed by atoms with van der Waals surface area (Å²) >= 11 is 1.46. The Kier molecular flexibility index (Phi) is 6.63. The second-order valence-electron chi connectivity index (χ2n) is 7.25. The minimum atomic E-state index is -0.622. The number of cyclic esters (lactones) is 1. The zero-order valence-electron chi connectivity index (χ0n) is 17.5. The van der Waals surface area contributed by atoms with Crippen molar-refractivity contribution in [3.05, 3.63) is 70.8 Å². The molecule has 0 radical (unpaired) electrons. The van der Waals surface area contributed by atoms with Gasteiger partial charge in [-0.05, 0) is 23.8 Å². The highest BCUT2D eigenvalue weighted by Gasteiger charge is 2.33. The number of thiazole rings is 1. The van der Waals surface area contributed by atoms with E-state index < -0.39 is 24.0 Å². The van der Waals surface area contributed by atoms with Crippen LogP contribution in [-0.2, 0) is 20.8 Å². The fourth-order valence-corrected chi connectivity index (χ4v) is 4.19. The average Bonchev–Trinajstić information content (AvgIpc) is 3.44. The SMILES string of the molecule is [C-]#[N+]Cc1csc(-c2ccc(-c3ccc(N4C[C@H](COC(=O)C[NH3+])OC4=O)cc3F)cc2)n1. The van der Waals surface area contributed by atoms with Crippen LogP contribution in [0.5, 0.6) is 0 Å². The first-order valence-electron chi connectivity index (χ1n) is 10.1. The monoisotopic (exact) mass is 467 g/mol. The predicted octanol–water partition coefficient (Wildman–Crippen LogP) is 3.15. The number of carbonyl (C=O) groups is 2. The molecule has 33 heavy (non-hydrogen) atoms. The lowest BCUT2D eigenvalue weighted by Gasteiger charge is -2.14. The number of hydrogen-bond acceptors (Lipinski definition) is 6. The lowest BCUT2D eigenvalue weighted by atomic mass is 10.0. The second kappa shape index (κ2) is 9.77. The van der Waals surface area contributed by atoms with Crippen LogP contribution in [0.2, 0.25) is 0 Å². The number of amides is 1. The van der Waals surface area contributed by atoms with Crippen LogP contribution in [0, 0.1) is 12.4 Å². The largest absolute Gasteiger partial charge is 0.458 e. The molecule has 1 atom stereocenters. The molecule has 1 amide bonds. The standard InChI is InChI=1S/C23H19FN4O4S/c1-26-10-16-13-33-22(27-16)15-4-2-14(3-5-15)19-7-6-17(8-20(19)24)28-11-18(32-23(28)30)12-31-21(29)9-25/h2-8,13,18H,9-12,25H2/p+1/t18-/m1/s1. The van der Waals surface area contributed by atoms with Crippen LogP contribution in [-0.4, -0.2) is 42.8 Å². The smallest absolute Gasteiger partial charge is 0.414 e. The maximum absolute atomic E-state index is 14.9. The summed E-state index contributed by atoms with van der Waals surface area (Å²) in [5.41, 5.74) is 6.50. The summed E-state index contributed by atoms with van der Waals surface area (Å²) in [4.78, 5) is 32.5. The van der Waals surface area contributed by atoms with Gasteiger partial charge in [0.15, 0.2) is 12.6 Å². The highest BCUT2D eigenvalue weighted by Crippen LogP contribution is 2.31. The van der Waals surface area contributed by atoms with Crippen LogP contribution in [0.1, 0.15) is 5.69 Å². The molecule has 8 nitrogen and oxygen atoms in total. The molecule has 0 aliphatic carbocycles. The van der Waals surface area contributed by atoms with Crippen LogP contribution in [0.25, 0.3) is 26.5 Å². The molecule has 1 fully saturated rings. The zero-order chi connectivity index (χ0) is 23.4. The van der Waals surface area contributed by atoms with E-state index in [0.717, 1.165) is 16.3 Å². The molecule has 1 saturated heterocycles. The number of benzene rings is 2. The number of anilines is 1. The van der Waals surface area contributed by atoms with Crippen molar-refractivity contribution < 1.29 is 29.2 Å². The third kappa shape index (κ3) is 5.00. The number of esters is 1. The lowest BCUT2D eigenvalue weighted by Crippen LogP contribution is -2.54. The molecule has 0 spiro atoms. The molecular formula is C23H20FN4O4S+. The van der Waals surface area contributed by atoms with Gasteiger partial charge in [-0.1, -0.05) is 24.3 Å². The predicted molar refractivity (Wildman–Crippen MR) is 120 cm³/mol. The van der Waals surface area contributed by atoms with Crippen molar-refractivity contribution in [3.63, 3.8) is 0 Å². The first kappa shape index (κ1) is 22.4. The Bertz CT molecular complexity index is 1220. The molecule has 4 rings (SSSR count). The highest BCUT2D eigenvalue weighted by molar-refractivity contribution is 7.13. The van der Waals surface area contributed by atoms with E-state index >= 15 is 0 Å². The van der Waals surface area contributed by atoms with Crippen LogP contribution in [0.4, 0.5) is 14.9 Å². The van der Waals surface area contributed by atoms with Gasteiger partial charge >= 0.3 is 12.1 Å². The van der Waals surface area contributed by atoms with Gasteiger partial charge in [0, 0.05) is 16.5 Å². The van der Waals surface area contributed by atoms with Gasteiger partial charge in [0.05, 0.1) is 12.2 Å². The Morgan fingerprint density at radius 2 is 2.06 bits per heavy atom. The molecule has 3 N–H and O–H groups in total. The van der Waals surface area contributed by atoms with Crippen molar-refractivity contribution in [2.45, 2.75) is 12.6 Å². The molecule has 1 aliphatic rings. The van der Waals surface area contributed by atoms with E-state index in [1.54, 1.807) is 24.3 Å². The first-order valence-corrected chi connectivity index (χ1v) is 11.0. The molecular weight excluding hydrogens is 447 g/mol. The highest BCUT2D eigenvalue weighted by atomic mass is 32.1.